The Labute approximate surface area is 118 Å². The summed E-state index contributed by atoms with van der Waals surface area (Å²) >= 11 is 0. The fourth-order valence-electron chi connectivity index (χ4n) is 1.78. The Hall–Kier alpha value is -1.88. The zero-order chi connectivity index (χ0) is 14.6. The summed E-state index contributed by atoms with van der Waals surface area (Å²) < 4.78 is 5.41. The number of nitrogens with one attached hydrogen (secondary N) is 2. The number of benzene rings is 1. The van der Waals surface area contributed by atoms with E-state index in [0.717, 1.165) is 16.9 Å². The molecule has 0 spiro atoms. The van der Waals surface area contributed by atoms with Crippen LogP contribution >= 0.6 is 0 Å². The highest BCUT2D eigenvalue weighted by Gasteiger charge is 2.12. The van der Waals surface area contributed by atoms with Gasteiger partial charge in [0, 0.05) is 13.0 Å². The van der Waals surface area contributed by atoms with Crippen LogP contribution in [0.5, 0.6) is 0 Å². The van der Waals surface area contributed by atoms with Crippen molar-refractivity contribution in [2.75, 3.05) is 13.2 Å². The van der Waals surface area contributed by atoms with Gasteiger partial charge in [-0.15, -0.1) is 0 Å². The number of rotatable bonds is 5. The third-order valence-electron chi connectivity index (χ3n) is 2.76. The number of aromatic amines is 1. The molecular weight excluding hydrogens is 254 g/mol. The van der Waals surface area contributed by atoms with Gasteiger partial charge < -0.3 is 15.0 Å². The maximum absolute atomic E-state index is 11.6. The second-order valence-corrected chi connectivity index (χ2v) is 5.70. The van der Waals surface area contributed by atoms with Gasteiger partial charge in [-0.2, -0.15) is 0 Å². The molecule has 5 nitrogen and oxygen atoms in total. The number of imidazole rings is 1. The number of para-hydroxylation sites is 2. The van der Waals surface area contributed by atoms with Gasteiger partial charge in [-0.1, -0.05) is 12.1 Å². The second-order valence-electron chi connectivity index (χ2n) is 5.70. The van der Waals surface area contributed by atoms with Crippen LogP contribution in [0, 0.1) is 0 Å². The van der Waals surface area contributed by atoms with E-state index in [9.17, 15) is 4.79 Å². The minimum Gasteiger partial charge on any atom is -0.366 e. The van der Waals surface area contributed by atoms with Crippen molar-refractivity contribution in [2.24, 2.45) is 0 Å². The number of H-pyrrole nitrogens is 1. The lowest BCUT2D eigenvalue weighted by Gasteiger charge is -2.18. The zero-order valence-corrected chi connectivity index (χ0v) is 12.2. The quantitative estimate of drug-likeness (QED) is 0.877. The molecule has 108 valence electrons. The molecule has 0 aliphatic heterocycles. The fourth-order valence-corrected chi connectivity index (χ4v) is 1.78. The van der Waals surface area contributed by atoms with Crippen molar-refractivity contribution in [2.45, 2.75) is 32.8 Å². The summed E-state index contributed by atoms with van der Waals surface area (Å²) in [5.41, 5.74) is 1.67. The first kappa shape index (κ1) is 14.5. The predicted molar refractivity (Wildman–Crippen MR) is 78.5 cm³/mol. The van der Waals surface area contributed by atoms with Crippen molar-refractivity contribution in [3.05, 3.63) is 30.1 Å². The van der Waals surface area contributed by atoms with Crippen LogP contribution in [-0.2, 0) is 16.0 Å². The maximum Gasteiger partial charge on any atom is 0.246 e. The molecule has 2 aromatic rings. The Morgan fingerprint density at radius 1 is 1.35 bits per heavy atom. The smallest absolute Gasteiger partial charge is 0.246 e. The van der Waals surface area contributed by atoms with E-state index < -0.39 is 0 Å². The number of hydrogen-bond acceptors (Lipinski definition) is 3. The summed E-state index contributed by atoms with van der Waals surface area (Å²) in [6, 6.07) is 7.88. The molecule has 2 rings (SSSR count). The molecule has 0 unspecified atom stereocenters. The Kier molecular flexibility index (Phi) is 4.39. The lowest BCUT2D eigenvalue weighted by atomic mass is 10.2. The van der Waals surface area contributed by atoms with E-state index in [1.54, 1.807) is 0 Å². The van der Waals surface area contributed by atoms with Gasteiger partial charge in [0.15, 0.2) is 0 Å². The second kappa shape index (κ2) is 6.05. The highest BCUT2D eigenvalue weighted by Crippen LogP contribution is 2.10. The van der Waals surface area contributed by atoms with E-state index in [1.807, 2.05) is 45.0 Å². The number of ether oxygens (including phenoxy) is 1. The summed E-state index contributed by atoms with van der Waals surface area (Å²) in [6.07, 6.45) is 0.677. The number of amides is 1. The minimum atomic E-state index is -0.296. The van der Waals surface area contributed by atoms with Gasteiger partial charge >= 0.3 is 0 Å². The van der Waals surface area contributed by atoms with E-state index in [1.165, 1.54) is 0 Å². The van der Waals surface area contributed by atoms with Crippen molar-refractivity contribution in [3.63, 3.8) is 0 Å². The van der Waals surface area contributed by atoms with E-state index >= 15 is 0 Å². The van der Waals surface area contributed by atoms with Crippen LogP contribution in [0.25, 0.3) is 11.0 Å². The Morgan fingerprint density at radius 3 is 2.80 bits per heavy atom. The van der Waals surface area contributed by atoms with Gasteiger partial charge in [0.05, 0.1) is 16.6 Å². The third-order valence-corrected chi connectivity index (χ3v) is 2.76. The molecule has 0 bridgehead atoms. The number of hydrogen-bond donors (Lipinski definition) is 2. The highest BCUT2D eigenvalue weighted by molar-refractivity contribution is 5.77. The van der Waals surface area contributed by atoms with E-state index in [2.05, 4.69) is 15.3 Å². The topological polar surface area (TPSA) is 67.0 Å². The van der Waals surface area contributed by atoms with Gasteiger partial charge in [0.1, 0.15) is 12.4 Å². The third kappa shape index (κ3) is 4.35. The zero-order valence-electron chi connectivity index (χ0n) is 12.2. The molecule has 0 aliphatic rings. The van der Waals surface area contributed by atoms with Gasteiger partial charge in [0.2, 0.25) is 5.91 Å². The molecule has 1 amide bonds. The number of fused-ring (bicyclic) bond motifs is 1. The van der Waals surface area contributed by atoms with Crippen LogP contribution < -0.4 is 5.32 Å². The lowest BCUT2D eigenvalue weighted by molar-refractivity contribution is -0.130. The monoisotopic (exact) mass is 275 g/mol. The Balaban J connectivity index is 1.76. The van der Waals surface area contributed by atoms with E-state index in [4.69, 9.17) is 4.74 Å². The molecule has 5 heteroatoms. The van der Waals surface area contributed by atoms with Crippen LogP contribution in [0.2, 0.25) is 0 Å². The molecule has 0 atom stereocenters. The standard InChI is InChI=1S/C15H21N3O2/c1-15(2,3)20-10-14(19)16-9-8-13-17-11-6-4-5-7-12(11)18-13/h4-7H,8-10H2,1-3H3,(H,16,19)(H,17,18). The van der Waals surface area contributed by atoms with E-state index in [-0.39, 0.29) is 18.1 Å². The molecule has 2 N–H and O–H groups in total. The molecular formula is C15H21N3O2. The van der Waals surface area contributed by atoms with Crippen molar-refractivity contribution < 1.29 is 9.53 Å². The van der Waals surface area contributed by atoms with Crippen LogP contribution in [0.1, 0.15) is 26.6 Å². The van der Waals surface area contributed by atoms with Crippen molar-refractivity contribution in [1.82, 2.24) is 15.3 Å². The predicted octanol–water partition coefficient (Wildman–Crippen LogP) is 2.04. The molecule has 0 radical (unpaired) electrons. The molecule has 0 fully saturated rings. The van der Waals surface area contributed by atoms with Crippen molar-refractivity contribution in [1.29, 1.82) is 0 Å². The van der Waals surface area contributed by atoms with E-state index in [0.29, 0.717) is 13.0 Å². The van der Waals surface area contributed by atoms with Gasteiger partial charge in [0.25, 0.3) is 0 Å². The Bertz CT molecular complexity index is 551. The lowest BCUT2D eigenvalue weighted by Crippen LogP contribution is -2.33. The maximum atomic E-state index is 11.6. The van der Waals surface area contributed by atoms with Crippen LogP contribution in [0.3, 0.4) is 0 Å². The normalized spacial score (nSPS) is 11.8. The SMILES string of the molecule is CC(C)(C)OCC(=O)NCCc1nc2ccccc2[nH]1. The first-order valence-electron chi connectivity index (χ1n) is 6.78. The van der Waals surface area contributed by atoms with Gasteiger partial charge in [-0.25, -0.2) is 4.98 Å². The molecule has 0 saturated carbocycles. The summed E-state index contributed by atoms with van der Waals surface area (Å²) in [5.74, 6) is 0.777. The van der Waals surface area contributed by atoms with Gasteiger partial charge in [-0.3, -0.25) is 4.79 Å². The summed E-state index contributed by atoms with van der Waals surface area (Å²) in [6.45, 7) is 6.41. The van der Waals surface area contributed by atoms with Crippen LogP contribution in [0.15, 0.2) is 24.3 Å². The Morgan fingerprint density at radius 2 is 2.10 bits per heavy atom. The number of nitrogens with zero attached hydrogens (tertiary/aromatic N) is 1. The average molecular weight is 275 g/mol. The summed E-state index contributed by atoms with van der Waals surface area (Å²) in [5, 5.41) is 2.82. The van der Waals surface area contributed by atoms with Crippen LogP contribution in [0.4, 0.5) is 0 Å². The number of aromatic nitrogens is 2. The first-order valence-corrected chi connectivity index (χ1v) is 6.78. The molecule has 1 aromatic carbocycles. The first-order chi connectivity index (χ1) is 9.44. The van der Waals surface area contributed by atoms with Crippen molar-refractivity contribution >= 4 is 16.9 Å². The minimum absolute atomic E-state index is 0.0869. The highest BCUT2D eigenvalue weighted by atomic mass is 16.5. The van der Waals surface area contributed by atoms with Crippen molar-refractivity contribution in [3.8, 4) is 0 Å². The molecule has 1 aromatic heterocycles. The molecule has 20 heavy (non-hydrogen) atoms. The molecule has 0 aliphatic carbocycles. The number of carbonyl (C=O) groups is 1. The fraction of sp³-hybridized carbons (Fsp3) is 0.467. The average Bonchev–Trinajstić information content (AvgIpc) is 2.78. The number of carbonyl (C=O) groups excluding carboxylic acids is 1. The van der Waals surface area contributed by atoms with Gasteiger partial charge in [-0.05, 0) is 32.9 Å². The van der Waals surface area contributed by atoms with Crippen LogP contribution in [-0.4, -0.2) is 34.6 Å². The molecule has 0 saturated heterocycles. The largest absolute Gasteiger partial charge is 0.366 e. The summed E-state index contributed by atoms with van der Waals surface area (Å²) in [7, 11) is 0. The summed E-state index contributed by atoms with van der Waals surface area (Å²) in [4.78, 5) is 19.3. The molecule has 1 heterocycles.